The third-order valence-corrected chi connectivity index (χ3v) is 3.44. The smallest absolute Gasteiger partial charge is 0.122 e. The summed E-state index contributed by atoms with van der Waals surface area (Å²) in [4.78, 5) is 0. The van der Waals surface area contributed by atoms with E-state index < -0.39 is 6.10 Å². The molecule has 0 heterocycles. The van der Waals surface area contributed by atoms with Crippen molar-refractivity contribution in [3.63, 3.8) is 0 Å². The van der Waals surface area contributed by atoms with Crippen molar-refractivity contribution >= 4 is 0 Å². The second-order valence-electron chi connectivity index (χ2n) is 5.32. The third-order valence-electron chi connectivity index (χ3n) is 3.44. The Kier molecular flexibility index (Phi) is 7.57. The summed E-state index contributed by atoms with van der Waals surface area (Å²) in [6.45, 7) is 6.85. The van der Waals surface area contributed by atoms with Crippen LogP contribution in [0.15, 0.2) is 18.2 Å². The maximum absolute atomic E-state index is 9.52. The first-order valence-electron chi connectivity index (χ1n) is 7.56. The monoisotopic (exact) mass is 264 g/mol. The molecular formula is C17H28O2. The zero-order valence-electron chi connectivity index (χ0n) is 12.6. The van der Waals surface area contributed by atoms with Crippen LogP contribution in [0, 0.1) is 6.92 Å². The fourth-order valence-corrected chi connectivity index (χ4v) is 2.16. The lowest BCUT2D eigenvalue weighted by Gasteiger charge is -2.12. The van der Waals surface area contributed by atoms with E-state index in [1.165, 1.54) is 32.1 Å². The molecular weight excluding hydrogens is 236 g/mol. The van der Waals surface area contributed by atoms with Gasteiger partial charge in [-0.1, -0.05) is 45.1 Å². The number of aliphatic hydroxyl groups is 1. The molecule has 0 aliphatic carbocycles. The fraction of sp³-hybridized carbons (Fsp3) is 0.647. The quantitative estimate of drug-likeness (QED) is 0.650. The van der Waals surface area contributed by atoms with Crippen molar-refractivity contribution in [3.8, 4) is 5.75 Å². The van der Waals surface area contributed by atoms with E-state index in [0.29, 0.717) is 0 Å². The molecule has 19 heavy (non-hydrogen) atoms. The largest absolute Gasteiger partial charge is 0.493 e. The second-order valence-corrected chi connectivity index (χ2v) is 5.32. The van der Waals surface area contributed by atoms with Crippen molar-refractivity contribution in [3.05, 3.63) is 29.3 Å². The van der Waals surface area contributed by atoms with Gasteiger partial charge in [-0.15, -0.1) is 0 Å². The lowest BCUT2D eigenvalue weighted by Crippen LogP contribution is -2.00. The Balaban J connectivity index is 2.26. The molecule has 0 aliphatic heterocycles. The molecule has 1 N–H and O–H groups in total. The molecule has 1 aromatic carbocycles. The first-order chi connectivity index (χ1) is 9.15. The Morgan fingerprint density at radius 2 is 1.79 bits per heavy atom. The summed E-state index contributed by atoms with van der Waals surface area (Å²) in [5, 5.41) is 9.52. The molecule has 108 valence electrons. The van der Waals surface area contributed by atoms with E-state index >= 15 is 0 Å². The van der Waals surface area contributed by atoms with Crippen molar-refractivity contribution in [2.45, 2.75) is 65.4 Å². The molecule has 0 aliphatic rings. The predicted molar refractivity (Wildman–Crippen MR) is 80.7 cm³/mol. The number of aliphatic hydroxyl groups excluding tert-OH is 1. The van der Waals surface area contributed by atoms with Gasteiger partial charge in [-0.05, 0) is 43.5 Å². The predicted octanol–water partition coefficient (Wildman–Crippen LogP) is 4.79. The van der Waals surface area contributed by atoms with Crippen molar-refractivity contribution < 1.29 is 9.84 Å². The van der Waals surface area contributed by atoms with Crippen LogP contribution >= 0.6 is 0 Å². The first kappa shape index (κ1) is 16.0. The highest BCUT2D eigenvalue weighted by molar-refractivity contribution is 5.36. The Morgan fingerprint density at radius 1 is 1.11 bits per heavy atom. The molecule has 2 heteroatoms. The molecule has 2 nitrogen and oxygen atoms in total. The number of hydrogen-bond acceptors (Lipinski definition) is 2. The summed E-state index contributed by atoms with van der Waals surface area (Å²) in [5.74, 6) is 0.943. The van der Waals surface area contributed by atoms with E-state index in [-0.39, 0.29) is 0 Å². The van der Waals surface area contributed by atoms with E-state index in [1.54, 1.807) is 6.92 Å². The number of hydrogen-bond donors (Lipinski definition) is 1. The molecule has 0 radical (unpaired) electrons. The summed E-state index contributed by atoms with van der Waals surface area (Å²) in [7, 11) is 0. The summed E-state index contributed by atoms with van der Waals surface area (Å²) in [6.07, 6.45) is 7.28. The summed E-state index contributed by atoms with van der Waals surface area (Å²) < 4.78 is 5.80. The Hall–Kier alpha value is -1.02. The standard InChI is InChI=1S/C17H28O2/c1-4-5-6-7-8-9-12-19-17-11-10-16(15(3)18)13-14(17)2/h10-11,13,15,18H,4-9,12H2,1-3H3/t15-/m0/s1. The van der Waals surface area contributed by atoms with Gasteiger partial charge in [0.1, 0.15) is 5.75 Å². The molecule has 1 atom stereocenters. The van der Waals surface area contributed by atoms with Gasteiger partial charge in [0.05, 0.1) is 12.7 Å². The molecule has 0 saturated heterocycles. The molecule has 0 aromatic heterocycles. The van der Waals surface area contributed by atoms with Crippen LogP contribution in [0.5, 0.6) is 5.75 Å². The van der Waals surface area contributed by atoms with Crippen LogP contribution in [0.3, 0.4) is 0 Å². The fourth-order valence-electron chi connectivity index (χ4n) is 2.16. The third kappa shape index (κ3) is 6.11. The minimum absolute atomic E-state index is 0.411. The van der Waals surface area contributed by atoms with Gasteiger partial charge >= 0.3 is 0 Å². The zero-order valence-corrected chi connectivity index (χ0v) is 12.6. The Morgan fingerprint density at radius 3 is 2.42 bits per heavy atom. The van der Waals surface area contributed by atoms with Crippen LogP contribution in [0.4, 0.5) is 0 Å². The van der Waals surface area contributed by atoms with Crippen molar-refractivity contribution in [1.29, 1.82) is 0 Å². The van der Waals surface area contributed by atoms with Crippen molar-refractivity contribution in [2.75, 3.05) is 6.61 Å². The molecule has 0 amide bonds. The lowest BCUT2D eigenvalue weighted by atomic mass is 10.1. The van der Waals surface area contributed by atoms with E-state index in [9.17, 15) is 5.11 Å². The molecule has 1 rings (SSSR count). The van der Waals surface area contributed by atoms with E-state index in [4.69, 9.17) is 4.74 Å². The number of unbranched alkanes of at least 4 members (excludes halogenated alkanes) is 5. The van der Waals surface area contributed by atoms with Gasteiger partial charge in [-0.25, -0.2) is 0 Å². The summed E-state index contributed by atoms with van der Waals surface area (Å²) in [6, 6.07) is 5.91. The number of benzene rings is 1. The van der Waals surface area contributed by atoms with Gasteiger partial charge in [0.2, 0.25) is 0 Å². The average Bonchev–Trinajstić information content (AvgIpc) is 2.39. The highest BCUT2D eigenvalue weighted by Crippen LogP contribution is 2.22. The lowest BCUT2D eigenvalue weighted by molar-refractivity contribution is 0.199. The Labute approximate surface area is 117 Å². The van der Waals surface area contributed by atoms with Crippen LogP contribution in [0.25, 0.3) is 0 Å². The zero-order chi connectivity index (χ0) is 14.1. The number of ether oxygens (including phenoxy) is 1. The van der Waals surface area contributed by atoms with Crippen LogP contribution < -0.4 is 4.74 Å². The molecule has 1 aromatic rings. The molecule has 0 fully saturated rings. The Bertz CT molecular complexity index is 358. The van der Waals surface area contributed by atoms with Gasteiger partial charge in [-0.2, -0.15) is 0 Å². The van der Waals surface area contributed by atoms with E-state index in [2.05, 4.69) is 6.92 Å². The maximum Gasteiger partial charge on any atom is 0.122 e. The van der Waals surface area contributed by atoms with Crippen LogP contribution in [-0.4, -0.2) is 11.7 Å². The SMILES string of the molecule is CCCCCCCCOc1ccc([C@H](C)O)cc1C. The van der Waals surface area contributed by atoms with Crippen LogP contribution in [0.1, 0.15) is 69.6 Å². The summed E-state index contributed by atoms with van der Waals surface area (Å²) in [5.41, 5.74) is 2.05. The van der Waals surface area contributed by atoms with Gasteiger partial charge in [-0.3, -0.25) is 0 Å². The van der Waals surface area contributed by atoms with Crippen molar-refractivity contribution in [2.24, 2.45) is 0 Å². The second kappa shape index (κ2) is 8.98. The summed E-state index contributed by atoms with van der Waals surface area (Å²) >= 11 is 0. The van der Waals surface area contributed by atoms with Crippen LogP contribution in [-0.2, 0) is 0 Å². The van der Waals surface area contributed by atoms with Gasteiger partial charge in [0, 0.05) is 0 Å². The highest BCUT2D eigenvalue weighted by Gasteiger charge is 2.04. The normalized spacial score (nSPS) is 12.4. The van der Waals surface area contributed by atoms with Gasteiger partial charge in [0.25, 0.3) is 0 Å². The van der Waals surface area contributed by atoms with Crippen molar-refractivity contribution in [1.82, 2.24) is 0 Å². The van der Waals surface area contributed by atoms with E-state index in [1.807, 2.05) is 25.1 Å². The minimum atomic E-state index is -0.411. The first-order valence-corrected chi connectivity index (χ1v) is 7.56. The number of aryl methyl sites for hydroxylation is 1. The molecule has 0 saturated carbocycles. The van der Waals surface area contributed by atoms with Crippen LogP contribution in [0.2, 0.25) is 0 Å². The number of rotatable bonds is 9. The highest BCUT2D eigenvalue weighted by atomic mass is 16.5. The van der Waals surface area contributed by atoms with E-state index in [0.717, 1.165) is 29.9 Å². The topological polar surface area (TPSA) is 29.5 Å². The molecule has 0 unspecified atom stereocenters. The van der Waals surface area contributed by atoms with Gasteiger partial charge < -0.3 is 9.84 Å². The van der Waals surface area contributed by atoms with Gasteiger partial charge in [0.15, 0.2) is 0 Å². The molecule has 0 bridgehead atoms. The maximum atomic E-state index is 9.52. The minimum Gasteiger partial charge on any atom is -0.493 e. The average molecular weight is 264 g/mol. The molecule has 0 spiro atoms.